The second-order valence-electron chi connectivity index (χ2n) is 1.78. The molecular formula is C5H10FNO. The van der Waals surface area contributed by atoms with Gasteiger partial charge in [-0.05, 0) is 6.42 Å². The predicted molar refractivity (Wildman–Crippen MR) is 29.0 cm³/mol. The summed E-state index contributed by atoms with van der Waals surface area (Å²) in [7, 11) is 0. The largest absolute Gasteiger partial charge is 0.369 e. The molecule has 0 aromatic carbocycles. The van der Waals surface area contributed by atoms with Gasteiger partial charge in [0.15, 0.2) is 0 Å². The Balaban J connectivity index is 3.32. The predicted octanol–water partition coefficient (Wildman–Crippen LogP) is 0.467. The van der Waals surface area contributed by atoms with Crippen LogP contribution in [0.5, 0.6) is 0 Å². The fourth-order valence-corrected chi connectivity index (χ4v) is 0.306. The average molecular weight is 119 g/mol. The summed E-state index contributed by atoms with van der Waals surface area (Å²) in [6, 6.07) is 0. The van der Waals surface area contributed by atoms with Crippen LogP contribution in [-0.4, -0.2) is 12.6 Å². The van der Waals surface area contributed by atoms with Crippen molar-refractivity contribution in [3.05, 3.63) is 0 Å². The number of hydrogen-bond donors (Lipinski definition) is 1. The first-order valence-corrected chi connectivity index (χ1v) is 2.53. The highest BCUT2D eigenvalue weighted by Gasteiger charge is 2.06. The van der Waals surface area contributed by atoms with E-state index in [4.69, 9.17) is 5.73 Å². The standard InChI is InChI=1S/C5H10FNO/c1-4(2-3-6)5(7)8/h4H,2-3H2,1H3,(H2,7,8)/t4-/m0/s1. The molecule has 1 atom stereocenters. The number of carbonyl (C=O) groups is 1. The SMILES string of the molecule is C[C@@H](CCF)C(N)=O. The van der Waals surface area contributed by atoms with Crippen LogP contribution in [0.25, 0.3) is 0 Å². The molecule has 2 N–H and O–H groups in total. The van der Waals surface area contributed by atoms with Gasteiger partial charge >= 0.3 is 0 Å². The van der Waals surface area contributed by atoms with Gasteiger partial charge in [-0.2, -0.15) is 0 Å². The fraction of sp³-hybridized carbons (Fsp3) is 0.800. The van der Waals surface area contributed by atoms with E-state index in [9.17, 15) is 9.18 Å². The third-order valence-corrected chi connectivity index (χ3v) is 1.03. The van der Waals surface area contributed by atoms with E-state index < -0.39 is 12.6 Å². The van der Waals surface area contributed by atoms with Crippen molar-refractivity contribution in [1.29, 1.82) is 0 Å². The number of carbonyl (C=O) groups excluding carboxylic acids is 1. The molecule has 3 heteroatoms. The van der Waals surface area contributed by atoms with Crippen molar-refractivity contribution in [2.75, 3.05) is 6.67 Å². The smallest absolute Gasteiger partial charge is 0.220 e. The summed E-state index contributed by atoms with van der Waals surface area (Å²) in [5, 5.41) is 0. The summed E-state index contributed by atoms with van der Waals surface area (Å²) in [5.74, 6) is -0.748. The fourth-order valence-electron chi connectivity index (χ4n) is 0.306. The first kappa shape index (κ1) is 7.40. The Morgan fingerprint density at radius 2 is 2.38 bits per heavy atom. The van der Waals surface area contributed by atoms with Gasteiger partial charge in [0.1, 0.15) is 0 Å². The zero-order valence-corrected chi connectivity index (χ0v) is 4.86. The van der Waals surface area contributed by atoms with Gasteiger partial charge in [-0.25, -0.2) is 0 Å². The molecule has 48 valence electrons. The van der Waals surface area contributed by atoms with Crippen molar-refractivity contribution in [3.8, 4) is 0 Å². The van der Waals surface area contributed by atoms with E-state index in [1.165, 1.54) is 0 Å². The van der Waals surface area contributed by atoms with Crippen LogP contribution in [0.15, 0.2) is 0 Å². The molecule has 0 aromatic rings. The minimum atomic E-state index is -0.468. The van der Waals surface area contributed by atoms with Crippen LogP contribution in [0.2, 0.25) is 0 Å². The summed E-state index contributed by atoms with van der Waals surface area (Å²) in [6.07, 6.45) is 0.245. The molecule has 0 rings (SSSR count). The quantitative estimate of drug-likeness (QED) is 0.576. The van der Waals surface area contributed by atoms with Crippen LogP contribution in [-0.2, 0) is 4.79 Å². The van der Waals surface area contributed by atoms with Gasteiger partial charge in [0.2, 0.25) is 5.91 Å². The first-order chi connectivity index (χ1) is 3.68. The molecule has 1 amide bonds. The molecule has 0 saturated heterocycles. The number of nitrogens with two attached hydrogens (primary N) is 1. The summed E-state index contributed by atoms with van der Waals surface area (Å²) in [4.78, 5) is 10.1. The number of amides is 1. The number of rotatable bonds is 3. The Morgan fingerprint density at radius 3 is 2.50 bits per heavy atom. The lowest BCUT2D eigenvalue weighted by Crippen LogP contribution is -2.20. The highest BCUT2D eigenvalue weighted by molar-refractivity contribution is 5.76. The van der Waals surface area contributed by atoms with Gasteiger partial charge in [-0.3, -0.25) is 9.18 Å². The lowest BCUT2D eigenvalue weighted by molar-refractivity contribution is -0.121. The van der Waals surface area contributed by atoms with E-state index in [0.717, 1.165) is 0 Å². The van der Waals surface area contributed by atoms with E-state index >= 15 is 0 Å². The van der Waals surface area contributed by atoms with Crippen LogP contribution < -0.4 is 5.73 Å². The maximum Gasteiger partial charge on any atom is 0.220 e. The monoisotopic (exact) mass is 119 g/mol. The minimum Gasteiger partial charge on any atom is -0.369 e. The second-order valence-corrected chi connectivity index (χ2v) is 1.78. The van der Waals surface area contributed by atoms with Gasteiger partial charge in [-0.1, -0.05) is 6.92 Å². The van der Waals surface area contributed by atoms with Gasteiger partial charge in [0, 0.05) is 5.92 Å². The molecule has 2 nitrogen and oxygen atoms in total. The maximum atomic E-state index is 11.4. The van der Waals surface area contributed by atoms with Gasteiger partial charge < -0.3 is 5.73 Å². The van der Waals surface area contributed by atoms with Crippen molar-refractivity contribution in [3.63, 3.8) is 0 Å². The van der Waals surface area contributed by atoms with Crippen molar-refractivity contribution >= 4 is 5.91 Å². The van der Waals surface area contributed by atoms with E-state index in [1.807, 2.05) is 0 Å². The highest BCUT2D eigenvalue weighted by Crippen LogP contribution is 1.98. The summed E-state index contributed by atoms with van der Waals surface area (Å²) < 4.78 is 11.4. The molecule has 0 heterocycles. The summed E-state index contributed by atoms with van der Waals surface area (Å²) in [6.45, 7) is 1.14. The number of primary amides is 1. The van der Waals surface area contributed by atoms with E-state index in [0.29, 0.717) is 0 Å². The van der Waals surface area contributed by atoms with E-state index in [-0.39, 0.29) is 12.3 Å². The van der Waals surface area contributed by atoms with Crippen LogP contribution in [0.3, 0.4) is 0 Å². The molecule has 0 aliphatic rings. The van der Waals surface area contributed by atoms with Crippen LogP contribution in [0.4, 0.5) is 4.39 Å². The highest BCUT2D eigenvalue weighted by atomic mass is 19.1. The Morgan fingerprint density at radius 1 is 1.88 bits per heavy atom. The zero-order valence-electron chi connectivity index (χ0n) is 4.86. The van der Waals surface area contributed by atoms with Crippen molar-refractivity contribution in [2.45, 2.75) is 13.3 Å². The Bertz CT molecular complexity index is 84.5. The third-order valence-electron chi connectivity index (χ3n) is 1.03. The van der Waals surface area contributed by atoms with Crippen LogP contribution in [0.1, 0.15) is 13.3 Å². The van der Waals surface area contributed by atoms with Crippen LogP contribution in [0, 0.1) is 5.92 Å². The molecule has 0 aliphatic carbocycles. The zero-order chi connectivity index (χ0) is 6.57. The first-order valence-electron chi connectivity index (χ1n) is 2.53. The molecule has 0 unspecified atom stereocenters. The summed E-state index contributed by atoms with van der Waals surface area (Å²) in [5.41, 5.74) is 4.82. The molecule has 0 saturated carbocycles. The minimum absolute atomic E-state index is 0.245. The molecule has 0 aromatic heterocycles. The lowest BCUT2D eigenvalue weighted by Gasteiger charge is -2.00. The molecule has 0 radical (unpaired) electrons. The van der Waals surface area contributed by atoms with Crippen molar-refractivity contribution < 1.29 is 9.18 Å². The molecular weight excluding hydrogens is 109 g/mol. The Hall–Kier alpha value is -0.600. The lowest BCUT2D eigenvalue weighted by atomic mass is 10.1. The Labute approximate surface area is 47.9 Å². The molecule has 0 spiro atoms. The average Bonchev–Trinajstić information content (AvgIpc) is 1.67. The van der Waals surface area contributed by atoms with Crippen molar-refractivity contribution in [1.82, 2.24) is 0 Å². The Kier molecular flexibility index (Phi) is 3.15. The molecule has 0 bridgehead atoms. The van der Waals surface area contributed by atoms with Gasteiger partial charge in [-0.15, -0.1) is 0 Å². The van der Waals surface area contributed by atoms with Gasteiger partial charge in [0.25, 0.3) is 0 Å². The van der Waals surface area contributed by atoms with E-state index in [1.54, 1.807) is 6.92 Å². The number of alkyl halides is 1. The maximum absolute atomic E-state index is 11.4. The summed E-state index contributed by atoms with van der Waals surface area (Å²) >= 11 is 0. The second kappa shape index (κ2) is 3.41. The third kappa shape index (κ3) is 2.55. The number of hydrogen-bond acceptors (Lipinski definition) is 1. The molecule has 0 fully saturated rings. The molecule has 0 aliphatic heterocycles. The molecule has 8 heavy (non-hydrogen) atoms. The number of halogens is 1. The topological polar surface area (TPSA) is 43.1 Å². The van der Waals surface area contributed by atoms with Gasteiger partial charge in [0.05, 0.1) is 6.67 Å². The van der Waals surface area contributed by atoms with E-state index in [2.05, 4.69) is 0 Å². The normalized spacial score (nSPS) is 13.2. The van der Waals surface area contributed by atoms with Crippen molar-refractivity contribution in [2.24, 2.45) is 11.7 Å². The van der Waals surface area contributed by atoms with Crippen LogP contribution >= 0.6 is 0 Å².